The molecule has 2 aromatic rings. The summed E-state index contributed by atoms with van der Waals surface area (Å²) in [5, 5.41) is 7.81. The molecule has 0 bridgehead atoms. The highest BCUT2D eigenvalue weighted by molar-refractivity contribution is 14.0. The lowest BCUT2D eigenvalue weighted by molar-refractivity contribution is -0.00804. The molecule has 26 heavy (non-hydrogen) atoms. The van der Waals surface area contributed by atoms with Gasteiger partial charge in [-0.3, -0.25) is 9.67 Å². The Morgan fingerprint density at radius 2 is 2.23 bits per heavy atom. The lowest BCUT2D eigenvalue weighted by Gasteiger charge is -2.36. The van der Waals surface area contributed by atoms with E-state index in [0.717, 1.165) is 37.6 Å². The van der Waals surface area contributed by atoms with E-state index < -0.39 is 0 Å². The molecule has 1 fully saturated rings. The Bertz CT molecular complexity index is 775. The number of aliphatic imine (C=N–C) groups is 1. The molecule has 0 radical (unpaired) electrons. The van der Waals surface area contributed by atoms with Crippen molar-refractivity contribution in [2.75, 3.05) is 33.3 Å². The van der Waals surface area contributed by atoms with Crippen molar-refractivity contribution in [3.05, 3.63) is 53.3 Å². The van der Waals surface area contributed by atoms with Crippen molar-refractivity contribution < 1.29 is 4.74 Å². The number of fused-ring (bicyclic) bond motifs is 1. The second kappa shape index (κ2) is 8.39. The van der Waals surface area contributed by atoms with Crippen LogP contribution in [-0.2, 0) is 18.2 Å². The minimum Gasteiger partial charge on any atom is -0.370 e. The fourth-order valence-corrected chi connectivity index (χ4v) is 3.74. The van der Waals surface area contributed by atoms with Gasteiger partial charge in [0.25, 0.3) is 0 Å². The Balaban J connectivity index is 0.00000196. The third kappa shape index (κ3) is 3.88. The summed E-state index contributed by atoms with van der Waals surface area (Å²) in [6, 6.07) is 8.70. The maximum atomic E-state index is 5.93. The Morgan fingerprint density at radius 3 is 2.96 bits per heavy atom. The Morgan fingerprint density at radius 1 is 1.38 bits per heavy atom. The van der Waals surface area contributed by atoms with E-state index in [-0.39, 0.29) is 30.1 Å². The molecule has 1 N–H and O–H groups in total. The van der Waals surface area contributed by atoms with Gasteiger partial charge in [0.1, 0.15) is 6.10 Å². The Kier molecular flexibility index (Phi) is 6.18. The molecular formula is C19H26IN5O. The van der Waals surface area contributed by atoms with E-state index in [1.165, 1.54) is 11.1 Å². The number of hydrogen-bond donors (Lipinski definition) is 1. The standard InChI is InChI=1S/C19H25N5O.HI/c1-20-19(21-10-15-9-14-5-3-4-6-17(14)15)24-7-8-25-18(13-24)16-11-22-23(2)12-16;/h3-6,11-12,15,18H,7-10,13H2,1-2H3,(H,20,21);1H. The summed E-state index contributed by atoms with van der Waals surface area (Å²) in [6.07, 6.45) is 5.11. The summed E-state index contributed by atoms with van der Waals surface area (Å²) in [4.78, 5) is 6.77. The second-order valence-corrected chi connectivity index (χ2v) is 6.78. The van der Waals surface area contributed by atoms with Gasteiger partial charge in [-0.15, -0.1) is 24.0 Å². The smallest absolute Gasteiger partial charge is 0.193 e. The summed E-state index contributed by atoms with van der Waals surface area (Å²) >= 11 is 0. The van der Waals surface area contributed by atoms with Crippen LogP contribution >= 0.6 is 24.0 Å². The van der Waals surface area contributed by atoms with Crippen LogP contribution in [0.2, 0.25) is 0 Å². The Hall–Kier alpha value is -1.61. The number of morpholine rings is 1. The summed E-state index contributed by atoms with van der Waals surface area (Å²) in [6.45, 7) is 3.29. The molecule has 0 saturated carbocycles. The molecule has 6 nitrogen and oxygen atoms in total. The average Bonchev–Trinajstić information content (AvgIpc) is 3.06. The van der Waals surface area contributed by atoms with E-state index in [4.69, 9.17) is 4.74 Å². The number of nitrogens with zero attached hydrogens (tertiary/aromatic N) is 4. The molecule has 1 aliphatic heterocycles. The van der Waals surface area contributed by atoms with Crippen LogP contribution in [0.3, 0.4) is 0 Å². The van der Waals surface area contributed by atoms with Crippen molar-refractivity contribution in [3.63, 3.8) is 0 Å². The van der Waals surface area contributed by atoms with E-state index in [1.54, 1.807) is 0 Å². The fourth-order valence-electron chi connectivity index (χ4n) is 3.74. The summed E-state index contributed by atoms with van der Waals surface area (Å²) < 4.78 is 7.75. The van der Waals surface area contributed by atoms with E-state index in [9.17, 15) is 0 Å². The quantitative estimate of drug-likeness (QED) is 0.428. The van der Waals surface area contributed by atoms with Crippen LogP contribution in [0.4, 0.5) is 0 Å². The van der Waals surface area contributed by atoms with Crippen molar-refractivity contribution in [1.82, 2.24) is 20.0 Å². The second-order valence-electron chi connectivity index (χ2n) is 6.78. The van der Waals surface area contributed by atoms with Gasteiger partial charge in [-0.1, -0.05) is 24.3 Å². The molecule has 1 aromatic heterocycles. The van der Waals surface area contributed by atoms with Crippen molar-refractivity contribution in [3.8, 4) is 0 Å². The summed E-state index contributed by atoms with van der Waals surface area (Å²) in [5.74, 6) is 1.55. The highest BCUT2D eigenvalue weighted by Crippen LogP contribution is 2.34. The van der Waals surface area contributed by atoms with Crippen LogP contribution in [0.1, 0.15) is 28.7 Å². The highest BCUT2D eigenvalue weighted by atomic mass is 127. The van der Waals surface area contributed by atoms with Crippen LogP contribution in [0.5, 0.6) is 0 Å². The number of guanidine groups is 1. The van der Waals surface area contributed by atoms with E-state index in [1.807, 2.05) is 31.2 Å². The van der Waals surface area contributed by atoms with Crippen molar-refractivity contribution in [2.45, 2.75) is 18.4 Å². The van der Waals surface area contributed by atoms with Crippen LogP contribution in [0.25, 0.3) is 0 Å². The molecule has 1 saturated heterocycles. The molecule has 0 spiro atoms. The first kappa shape index (κ1) is 19.2. The van der Waals surface area contributed by atoms with Gasteiger partial charge in [0, 0.05) is 44.9 Å². The van der Waals surface area contributed by atoms with Crippen molar-refractivity contribution >= 4 is 29.9 Å². The Labute approximate surface area is 171 Å². The molecule has 1 aromatic carbocycles. The van der Waals surface area contributed by atoms with Crippen LogP contribution in [0, 0.1) is 0 Å². The predicted octanol–water partition coefficient (Wildman–Crippen LogP) is 2.33. The van der Waals surface area contributed by atoms with Crippen LogP contribution in [-0.4, -0.2) is 53.9 Å². The third-order valence-corrected chi connectivity index (χ3v) is 5.14. The molecule has 7 heteroatoms. The van der Waals surface area contributed by atoms with Gasteiger partial charge in [0.2, 0.25) is 0 Å². The zero-order valence-electron chi connectivity index (χ0n) is 15.3. The number of nitrogens with one attached hydrogen (secondary N) is 1. The van der Waals surface area contributed by atoms with Crippen molar-refractivity contribution in [1.29, 1.82) is 0 Å². The number of ether oxygens (including phenoxy) is 1. The molecule has 0 amide bonds. The number of halogens is 1. The van der Waals surface area contributed by atoms with Crippen LogP contribution < -0.4 is 5.32 Å². The van der Waals surface area contributed by atoms with Crippen molar-refractivity contribution in [2.24, 2.45) is 12.0 Å². The number of aryl methyl sites for hydroxylation is 1. The molecule has 4 rings (SSSR count). The molecule has 1 aliphatic carbocycles. The number of hydrogen-bond acceptors (Lipinski definition) is 3. The molecule has 2 unspecified atom stereocenters. The first-order valence-corrected chi connectivity index (χ1v) is 8.88. The maximum absolute atomic E-state index is 5.93. The predicted molar refractivity (Wildman–Crippen MR) is 113 cm³/mol. The zero-order chi connectivity index (χ0) is 17.2. The van der Waals surface area contributed by atoms with Gasteiger partial charge in [-0.05, 0) is 17.5 Å². The van der Waals surface area contributed by atoms with E-state index in [0.29, 0.717) is 12.5 Å². The van der Waals surface area contributed by atoms with Gasteiger partial charge >= 0.3 is 0 Å². The van der Waals surface area contributed by atoms with Gasteiger partial charge in [-0.2, -0.15) is 5.10 Å². The summed E-state index contributed by atoms with van der Waals surface area (Å²) in [5.41, 5.74) is 4.07. The molecule has 140 valence electrons. The molecule has 2 aliphatic rings. The SMILES string of the molecule is CN=C(NCC1Cc2ccccc21)N1CCOC(c2cnn(C)c2)C1.I. The van der Waals surface area contributed by atoms with E-state index in [2.05, 4.69) is 44.6 Å². The average molecular weight is 467 g/mol. The monoisotopic (exact) mass is 467 g/mol. The maximum Gasteiger partial charge on any atom is 0.193 e. The van der Waals surface area contributed by atoms with Crippen LogP contribution in [0.15, 0.2) is 41.7 Å². The first-order chi connectivity index (χ1) is 12.2. The van der Waals surface area contributed by atoms with Gasteiger partial charge in [-0.25, -0.2) is 0 Å². The van der Waals surface area contributed by atoms with E-state index >= 15 is 0 Å². The largest absolute Gasteiger partial charge is 0.370 e. The van der Waals surface area contributed by atoms with Gasteiger partial charge in [0.15, 0.2) is 5.96 Å². The molecule has 2 atom stereocenters. The number of rotatable bonds is 3. The topological polar surface area (TPSA) is 54.7 Å². The first-order valence-electron chi connectivity index (χ1n) is 8.88. The minimum absolute atomic E-state index is 0. The number of aromatic nitrogens is 2. The lowest BCUT2D eigenvalue weighted by Crippen LogP contribution is -2.49. The minimum atomic E-state index is 0. The molecular weight excluding hydrogens is 441 g/mol. The highest BCUT2D eigenvalue weighted by Gasteiger charge is 2.28. The third-order valence-electron chi connectivity index (χ3n) is 5.14. The molecule has 2 heterocycles. The lowest BCUT2D eigenvalue weighted by atomic mass is 9.78. The normalized spacial score (nSPS) is 22.2. The zero-order valence-corrected chi connectivity index (χ0v) is 17.6. The van der Waals surface area contributed by atoms with Gasteiger partial charge in [0.05, 0.1) is 19.3 Å². The fraction of sp³-hybridized carbons (Fsp3) is 0.474. The number of benzene rings is 1. The van der Waals surface area contributed by atoms with Gasteiger partial charge < -0.3 is 15.0 Å². The summed E-state index contributed by atoms with van der Waals surface area (Å²) in [7, 11) is 3.78.